The first-order chi connectivity index (χ1) is 14.3. The fraction of sp³-hybridized carbons (Fsp3) is 0.381. The van der Waals surface area contributed by atoms with Crippen LogP contribution in [0.2, 0.25) is 0 Å². The van der Waals surface area contributed by atoms with Gasteiger partial charge in [0.2, 0.25) is 15.9 Å². The molecule has 0 heterocycles. The minimum absolute atomic E-state index is 0.282. The van der Waals surface area contributed by atoms with Crippen LogP contribution >= 0.6 is 11.8 Å². The van der Waals surface area contributed by atoms with Gasteiger partial charge in [0, 0.05) is 24.1 Å². The van der Waals surface area contributed by atoms with Gasteiger partial charge in [-0.1, -0.05) is 24.3 Å². The number of hydrogen-bond donors (Lipinski definition) is 1. The second-order valence-electron chi connectivity index (χ2n) is 6.64. The second kappa shape index (κ2) is 11.1. The molecule has 0 unspecified atom stereocenters. The maximum atomic E-state index is 12.4. The number of methoxy groups -OCH3 is 2. The van der Waals surface area contributed by atoms with Gasteiger partial charge in [-0.3, -0.25) is 9.10 Å². The van der Waals surface area contributed by atoms with Gasteiger partial charge in [0.1, 0.15) is 18.0 Å². The molecule has 0 aliphatic rings. The number of amides is 1. The molecular formula is C21H28N2O5S2. The summed E-state index contributed by atoms with van der Waals surface area (Å²) < 4.78 is 36.1. The number of anilines is 1. The van der Waals surface area contributed by atoms with Gasteiger partial charge in [-0.2, -0.15) is 11.8 Å². The molecular weight excluding hydrogens is 424 g/mol. The molecule has 9 heteroatoms. The summed E-state index contributed by atoms with van der Waals surface area (Å²) in [4.78, 5) is 12.4. The zero-order chi connectivity index (χ0) is 22.1. The highest BCUT2D eigenvalue weighted by molar-refractivity contribution is 7.98. The van der Waals surface area contributed by atoms with Crippen molar-refractivity contribution in [3.8, 4) is 11.5 Å². The summed E-state index contributed by atoms with van der Waals surface area (Å²) in [5.74, 6) is 2.04. The van der Waals surface area contributed by atoms with Crippen molar-refractivity contribution in [1.82, 2.24) is 5.32 Å². The first-order valence-corrected chi connectivity index (χ1v) is 12.3. The van der Waals surface area contributed by atoms with Gasteiger partial charge in [-0.05, 0) is 30.2 Å². The molecule has 0 spiro atoms. The SMILES string of the molecule is COc1ccc(N(CC(=O)NCCSCc2ccccc2C)S(C)(=O)=O)c(OC)c1. The fourth-order valence-electron chi connectivity index (χ4n) is 2.78. The van der Waals surface area contributed by atoms with E-state index in [1.54, 1.807) is 30.0 Å². The smallest absolute Gasteiger partial charge is 0.240 e. The highest BCUT2D eigenvalue weighted by atomic mass is 32.2. The Bertz CT molecular complexity index is 964. The van der Waals surface area contributed by atoms with E-state index in [9.17, 15) is 13.2 Å². The van der Waals surface area contributed by atoms with Crippen molar-refractivity contribution in [2.75, 3.05) is 43.6 Å². The highest BCUT2D eigenvalue weighted by Gasteiger charge is 2.24. The Balaban J connectivity index is 1.94. The first-order valence-electron chi connectivity index (χ1n) is 9.35. The predicted octanol–water partition coefficient (Wildman–Crippen LogP) is 2.83. The lowest BCUT2D eigenvalue weighted by atomic mass is 10.1. The minimum Gasteiger partial charge on any atom is -0.497 e. The number of aryl methyl sites for hydroxylation is 1. The summed E-state index contributed by atoms with van der Waals surface area (Å²) in [5.41, 5.74) is 2.79. The molecule has 0 saturated carbocycles. The summed E-state index contributed by atoms with van der Waals surface area (Å²) in [7, 11) is -0.752. The molecule has 0 fully saturated rings. The van der Waals surface area contributed by atoms with Crippen LogP contribution in [0.1, 0.15) is 11.1 Å². The van der Waals surface area contributed by atoms with E-state index < -0.39 is 10.0 Å². The zero-order valence-corrected chi connectivity index (χ0v) is 19.3. The van der Waals surface area contributed by atoms with Crippen molar-refractivity contribution < 1.29 is 22.7 Å². The molecule has 0 saturated heterocycles. The van der Waals surface area contributed by atoms with Crippen molar-refractivity contribution in [2.24, 2.45) is 0 Å². The summed E-state index contributed by atoms with van der Waals surface area (Å²) in [6.07, 6.45) is 1.06. The molecule has 0 aliphatic heterocycles. The fourth-order valence-corrected chi connectivity index (χ4v) is 4.57. The quantitative estimate of drug-likeness (QED) is 0.528. The lowest BCUT2D eigenvalue weighted by Crippen LogP contribution is -2.41. The molecule has 30 heavy (non-hydrogen) atoms. The van der Waals surface area contributed by atoms with Crippen LogP contribution in [0.4, 0.5) is 5.69 Å². The van der Waals surface area contributed by atoms with Gasteiger partial charge >= 0.3 is 0 Å². The van der Waals surface area contributed by atoms with Crippen molar-refractivity contribution >= 4 is 33.4 Å². The summed E-state index contributed by atoms with van der Waals surface area (Å²) in [6.45, 7) is 2.20. The Morgan fingerprint density at radius 3 is 2.50 bits per heavy atom. The topological polar surface area (TPSA) is 84.9 Å². The van der Waals surface area contributed by atoms with E-state index >= 15 is 0 Å². The Morgan fingerprint density at radius 2 is 1.87 bits per heavy atom. The third kappa shape index (κ3) is 6.84. The number of nitrogens with one attached hydrogen (secondary N) is 1. The van der Waals surface area contributed by atoms with Gasteiger partial charge in [0.25, 0.3) is 0 Å². The highest BCUT2D eigenvalue weighted by Crippen LogP contribution is 2.33. The molecule has 0 radical (unpaired) electrons. The van der Waals surface area contributed by atoms with Crippen molar-refractivity contribution in [3.63, 3.8) is 0 Å². The van der Waals surface area contributed by atoms with Crippen LogP contribution < -0.4 is 19.1 Å². The number of ether oxygens (including phenoxy) is 2. The van der Waals surface area contributed by atoms with E-state index in [0.29, 0.717) is 18.0 Å². The molecule has 164 valence electrons. The Morgan fingerprint density at radius 1 is 1.13 bits per heavy atom. The van der Waals surface area contributed by atoms with Crippen LogP contribution in [0.5, 0.6) is 11.5 Å². The number of nitrogens with zero attached hydrogens (tertiary/aromatic N) is 1. The molecule has 0 bridgehead atoms. The number of rotatable bonds is 11. The molecule has 0 aromatic heterocycles. The van der Waals surface area contributed by atoms with Gasteiger partial charge < -0.3 is 14.8 Å². The standard InChI is InChI=1S/C21H28N2O5S2/c1-16-7-5-6-8-17(16)15-29-12-11-22-21(24)14-23(30(4,25)26)19-10-9-18(27-2)13-20(19)28-3/h5-10,13H,11-12,14-15H2,1-4H3,(H,22,24). The van der Waals surface area contributed by atoms with Gasteiger partial charge in [-0.15, -0.1) is 0 Å². The van der Waals surface area contributed by atoms with Crippen LogP contribution in [0.25, 0.3) is 0 Å². The third-order valence-electron chi connectivity index (χ3n) is 4.43. The molecule has 2 aromatic carbocycles. The van der Waals surface area contributed by atoms with Crippen LogP contribution in [0, 0.1) is 6.92 Å². The molecule has 1 amide bonds. The monoisotopic (exact) mass is 452 g/mol. The number of carbonyl (C=O) groups excluding carboxylic acids is 1. The van der Waals surface area contributed by atoms with E-state index in [0.717, 1.165) is 22.1 Å². The number of sulfonamides is 1. The Labute approximate surface area is 182 Å². The maximum absolute atomic E-state index is 12.4. The first kappa shape index (κ1) is 23.9. The van der Waals surface area contributed by atoms with E-state index in [2.05, 4.69) is 24.4 Å². The molecule has 2 rings (SSSR count). The lowest BCUT2D eigenvalue weighted by Gasteiger charge is -2.24. The molecule has 2 aromatic rings. The van der Waals surface area contributed by atoms with Crippen LogP contribution in [0.15, 0.2) is 42.5 Å². The maximum Gasteiger partial charge on any atom is 0.240 e. The minimum atomic E-state index is -3.69. The third-order valence-corrected chi connectivity index (χ3v) is 6.56. The summed E-state index contributed by atoms with van der Waals surface area (Å²) >= 11 is 1.71. The van der Waals surface area contributed by atoms with E-state index in [4.69, 9.17) is 9.47 Å². The van der Waals surface area contributed by atoms with Gasteiger partial charge in [0.15, 0.2) is 0 Å². The molecule has 1 N–H and O–H groups in total. The summed E-state index contributed by atoms with van der Waals surface area (Å²) in [5, 5.41) is 2.78. The van der Waals surface area contributed by atoms with E-state index in [-0.39, 0.29) is 18.1 Å². The van der Waals surface area contributed by atoms with Gasteiger partial charge in [0.05, 0.1) is 26.2 Å². The number of thioether (sulfide) groups is 1. The van der Waals surface area contributed by atoms with E-state index in [1.165, 1.54) is 25.3 Å². The number of benzene rings is 2. The van der Waals surface area contributed by atoms with Crippen molar-refractivity contribution in [1.29, 1.82) is 0 Å². The zero-order valence-electron chi connectivity index (χ0n) is 17.7. The second-order valence-corrected chi connectivity index (χ2v) is 9.65. The molecule has 0 aliphatic carbocycles. The predicted molar refractivity (Wildman–Crippen MR) is 122 cm³/mol. The van der Waals surface area contributed by atoms with Gasteiger partial charge in [-0.25, -0.2) is 8.42 Å². The van der Waals surface area contributed by atoms with E-state index in [1.807, 2.05) is 12.1 Å². The Kier molecular flexibility index (Phi) is 8.86. The van der Waals surface area contributed by atoms with Crippen LogP contribution in [-0.2, 0) is 20.6 Å². The van der Waals surface area contributed by atoms with Crippen LogP contribution in [-0.4, -0.2) is 53.6 Å². The average Bonchev–Trinajstić information content (AvgIpc) is 2.71. The number of carbonyl (C=O) groups is 1. The number of hydrogen-bond acceptors (Lipinski definition) is 6. The van der Waals surface area contributed by atoms with Crippen LogP contribution in [0.3, 0.4) is 0 Å². The largest absolute Gasteiger partial charge is 0.497 e. The normalized spacial score (nSPS) is 11.1. The lowest BCUT2D eigenvalue weighted by molar-refractivity contribution is -0.119. The average molecular weight is 453 g/mol. The van der Waals surface area contributed by atoms with Crippen molar-refractivity contribution in [3.05, 3.63) is 53.6 Å². The van der Waals surface area contributed by atoms with Crippen molar-refractivity contribution in [2.45, 2.75) is 12.7 Å². The molecule has 0 atom stereocenters. The summed E-state index contributed by atoms with van der Waals surface area (Å²) in [6, 6.07) is 12.9. The Hall–Kier alpha value is -2.39. The molecule has 7 nitrogen and oxygen atoms in total.